The van der Waals surface area contributed by atoms with Crippen LogP contribution in [-0.2, 0) is 0 Å². The van der Waals surface area contributed by atoms with Crippen molar-refractivity contribution in [1.82, 2.24) is 0 Å². The fraction of sp³-hybridized carbons (Fsp3) is 0.0714. The van der Waals surface area contributed by atoms with E-state index in [4.69, 9.17) is 4.74 Å². The molecule has 19 heavy (non-hydrogen) atoms. The van der Waals surface area contributed by atoms with Crippen molar-refractivity contribution in [2.45, 2.75) is 0 Å². The number of rotatable bonds is 4. The van der Waals surface area contributed by atoms with Crippen molar-refractivity contribution in [3.8, 4) is 5.75 Å². The third kappa shape index (κ3) is 3.88. The molecule has 2 aromatic rings. The zero-order chi connectivity index (χ0) is 13.8. The van der Waals surface area contributed by atoms with Gasteiger partial charge in [-0.05, 0) is 30.3 Å². The minimum absolute atomic E-state index is 0.0534. The highest BCUT2D eigenvalue weighted by Gasteiger charge is 2.10. The van der Waals surface area contributed by atoms with Crippen LogP contribution in [0.3, 0.4) is 0 Å². The van der Waals surface area contributed by atoms with E-state index in [1.165, 1.54) is 12.1 Å². The first kappa shape index (κ1) is 14.2. The third-order valence-electron chi connectivity index (χ3n) is 2.40. The van der Waals surface area contributed by atoms with Crippen LogP contribution in [0.25, 0.3) is 0 Å². The molecule has 0 spiro atoms. The molecule has 0 bridgehead atoms. The van der Waals surface area contributed by atoms with Gasteiger partial charge in [-0.1, -0.05) is 44.0 Å². The summed E-state index contributed by atoms with van der Waals surface area (Å²) < 4.78 is 20.1. The van der Waals surface area contributed by atoms with Gasteiger partial charge in [-0.3, -0.25) is 4.79 Å². The highest BCUT2D eigenvalue weighted by atomic mass is 79.9. The molecule has 2 aromatic carbocycles. The second-order valence-corrected chi connectivity index (χ2v) is 5.63. The van der Waals surface area contributed by atoms with E-state index in [-0.39, 0.29) is 18.1 Å². The summed E-state index contributed by atoms with van der Waals surface area (Å²) in [5, 5.41) is 0. The van der Waals surface area contributed by atoms with Crippen molar-refractivity contribution in [3.63, 3.8) is 0 Å². The quantitative estimate of drug-likeness (QED) is 0.716. The van der Waals surface area contributed by atoms with Gasteiger partial charge in [-0.25, -0.2) is 4.39 Å². The Hall–Kier alpha value is -1.20. The van der Waals surface area contributed by atoms with Crippen LogP contribution < -0.4 is 4.74 Å². The molecule has 2 rings (SSSR count). The third-order valence-corrected chi connectivity index (χ3v) is 3.39. The largest absolute Gasteiger partial charge is 0.482 e. The lowest BCUT2D eigenvalue weighted by Gasteiger charge is -2.07. The van der Waals surface area contributed by atoms with Crippen molar-refractivity contribution in [1.29, 1.82) is 0 Å². The van der Waals surface area contributed by atoms with Gasteiger partial charge in [0, 0.05) is 14.5 Å². The smallest absolute Gasteiger partial charge is 0.200 e. The highest BCUT2D eigenvalue weighted by molar-refractivity contribution is 9.10. The number of carbonyl (C=O) groups excluding carboxylic acids is 1. The van der Waals surface area contributed by atoms with Crippen LogP contribution in [0.15, 0.2) is 51.4 Å². The summed E-state index contributed by atoms with van der Waals surface area (Å²) in [6, 6.07) is 11.3. The molecular weight excluding hydrogens is 379 g/mol. The number of ketones is 1. The zero-order valence-corrected chi connectivity index (χ0v) is 12.9. The number of halogens is 3. The fourth-order valence-electron chi connectivity index (χ4n) is 1.48. The first-order valence-corrected chi connectivity index (χ1v) is 7.01. The van der Waals surface area contributed by atoms with Crippen molar-refractivity contribution < 1.29 is 13.9 Å². The Labute approximate surface area is 126 Å². The van der Waals surface area contributed by atoms with Crippen LogP contribution in [0.4, 0.5) is 4.39 Å². The lowest BCUT2D eigenvalue weighted by atomic mass is 10.1. The molecule has 0 fully saturated rings. The summed E-state index contributed by atoms with van der Waals surface area (Å²) in [5.74, 6) is -0.649. The molecule has 0 radical (unpaired) electrons. The van der Waals surface area contributed by atoms with Gasteiger partial charge in [-0.2, -0.15) is 0 Å². The van der Waals surface area contributed by atoms with Crippen LogP contribution in [0, 0.1) is 5.82 Å². The second-order valence-electron chi connectivity index (χ2n) is 3.80. The van der Waals surface area contributed by atoms with Crippen molar-refractivity contribution in [2.24, 2.45) is 0 Å². The van der Waals surface area contributed by atoms with E-state index in [0.717, 1.165) is 4.47 Å². The minimum Gasteiger partial charge on any atom is -0.482 e. The predicted molar refractivity (Wildman–Crippen MR) is 78.1 cm³/mol. The summed E-state index contributed by atoms with van der Waals surface area (Å²) in [5.41, 5.74) is 0.518. The molecule has 0 atom stereocenters. The average Bonchev–Trinajstić information content (AvgIpc) is 2.39. The lowest BCUT2D eigenvalue weighted by molar-refractivity contribution is 0.0918. The molecule has 0 aliphatic carbocycles. The molecule has 98 valence electrons. The molecule has 0 saturated heterocycles. The summed E-state index contributed by atoms with van der Waals surface area (Å²) in [6.45, 7) is -0.205. The van der Waals surface area contributed by atoms with Crippen molar-refractivity contribution >= 4 is 37.6 Å². The predicted octanol–water partition coefficient (Wildman–Crippen LogP) is 4.61. The number of carbonyl (C=O) groups is 1. The normalized spacial score (nSPS) is 10.3. The molecule has 0 aromatic heterocycles. The lowest BCUT2D eigenvalue weighted by Crippen LogP contribution is -2.12. The SMILES string of the molecule is O=C(COc1cc(Br)ccc1F)c1cccc(Br)c1. The van der Waals surface area contributed by atoms with Crippen LogP contribution in [0.5, 0.6) is 5.75 Å². The first-order valence-electron chi connectivity index (χ1n) is 5.43. The van der Waals surface area contributed by atoms with Gasteiger partial charge < -0.3 is 4.74 Å². The Morgan fingerprint density at radius 2 is 1.84 bits per heavy atom. The van der Waals surface area contributed by atoms with Gasteiger partial charge >= 0.3 is 0 Å². The Kier molecular flexibility index (Phi) is 4.71. The van der Waals surface area contributed by atoms with E-state index >= 15 is 0 Å². The van der Waals surface area contributed by atoms with Crippen LogP contribution in [0.2, 0.25) is 0 Å². The maximum Gasteiger partial charge on any atom is 0.200 e. The number of hydrogen-bond donors (Lipinski definition) is 0. The monoisotopic (exact) mass is 386 g/mol. The standard InChI is InChI=1S/C14H9Br2FO2/c15-10-3-1-2-9(6-10)13(18)8-19-14-7-11(16)4-5-12(14)17/h1-7H,8H2. The second kappa shape index (κ2) is 6.30. The van der Waals surface area contributed by atoms with E-state index < -0.39 is 5.82 Å². The van der Waals surface area contributed by atoms with E-state index in [2.05, 4.69) is 31.9 Å². The Balaban J connectivity index is 2.06. The van der Waals surface area contributed by atoms with Gasteiger partial charge in [0.15, 0.2) is 24.0 Å². The van der Waals surface area contributed by atoms with Crippen molar-refractivity contribution in [3.05, 3.63) is 62.8 Å². The molecule has 0 saturated carbocycles. The van der Waals surface area contributed by atoms with Crippen LogP contribution in [-0.4, -0.2) is 12.4 Å². The summed E-state index contributed by atoms with van der Waals surface area (Å²) in [6.07, 6.45) is 0. The number of benzene rings is 2. The highest BCUT2D eigenvalue weighted by Crippen LogP contribution is 2.22. The molecular formula is C14H9Br2FO2. The average molecular weight is 388 g/mol. The first-order chi connectivity index (χ1) is 9.06. The van der Waals surface area contributed by atoms with Crippen LogP contribution in [0.1, 0.15) is 10.4 Å². The van der Waals surface area contributed by atoms with E-state index in [9.17, 15) is 9.18 Å². The summed E-state index contributed by atoms with van der Waals surface area (Å²) >= 11 is 6.51. The van der Waals surface area contributed by atoms with E-state index in [0.29, 0.717) is 10.0 Å². The number of hydrogen-bond acceptors (Lipinski definition) is 2. The minimum atomic E-state index is -0.495. The Bertz CT molecular complexity index is 614. The molecule has 0 unspecified atom stereocenters. The molecule has 0 aliphatic rings. The van der Waals surface area contributed by atoms with Gasteiger partial charge in [0.1, 0.15) is 0 Å². The molecule has 0 aliphatic heterocycles. The number of Topliss-reactive ketones (excluding diaryl/α,β-unsaturated/α-hetero) is 1. The van der Waals surface area contributed by atoms with E-state index in [1.54, 1.807) is 24.3 Å². The van der Waals surface area contributed by atoms with E-state index in [1.807, 2.05) is 6.07 Å². The van der Waals surface area contributed by atoms with Gasteiger partial charge in [-0.15, -0.1) is 0 Å². The van der Waals surface area contributed by atoms with Crippen molar-refractivity contribution in [2.75, 3.05) is 6.61 Å². The summed E-state index contributed by atoms with van der Waals surface area (Å²) in [7, 11) is 0. The fourth-order valence-corrected chi connectivity index (χ4v) is 2.22. The molecule has 2 nitrogen and oxygen atoms in total. The Morgan fingerprint density at radius 3 is 2.58 bits per heavy atom. The summed E-state index contributed by atoms with van der Waals surface area (Å²) in [4.78, 5) is 11.9. The van der Waals surface area contributed by atoms with Gasteiger partial charge in [0.25, 0.3) is 0 Å². The van der Waals surface area contributed by atoms with Crippen LogP contribution >= 0.6 is 31.9 Å². The van der Waals surface area contributed by atoms with Gasteiger partial charge in [0.05, 0.1) is 0 Å². The molecule has 5 heteroatoms. The molecule has 0 N–H and O–H groups in total. The topological polar surface area (TPSA) is 26.3 Å². The number of ether oxygens (including phenoxy) is 1. The van der Waals surface area contributed by atoms with Gasteiger partial charge in [0.2, 0.25) is 0 Å². The maximum atomic E-state index is 13.4. The zero-order valence-electron chi connectivity index (χ0n) is 9.70. The molecule has 0 heterocycles. The Morgan fingerprint density at radius 1 is 1.11 bits per heavy atom. The maximum absolute atomic E-state index is 13.4. The molecule has 0 amide bonds.